The second kappa shape index (κ2) is 7.12. The van der Waals surface area contributed by atoms with Crippen molar-refractivity contribution in [2.75, 3.05) is 0 Å². The molecule has 0 aliphatic heterocycles. The number of nitrogens with zero attached hydrogens (tertiary/aromatic N) is 2. The fourth-order valence-corrected chi connectivity index (χ4v) is 3.30. The van der Waals surface area contributed by atoms with Crippen LogP contribution in [0.3, 0.4) is 0 Å². The van der Waals surface area contributed by atoms with E-state index >= 15 is 0 Å². The van der Waals surface area contributed by atoms with Crippen molar-refractivity contribution in [2.24, 2.45) is 5.92 Å². The lowest BCUT2D eigenvalue weighted by Crippen LogP contribution is -2.24. The zero-order chi connectivity index (χ0) is 19.0. The third-order valence-electron chi connectivity index (χ3n) is 4.69. The molecule has 1 fully saturated rings. The summed E-state index contributed by atoms with van der Waals surface area (Å²) in [7, 11) is 0. The standard InChI is InChI=1S/C20H16ClF2N3O/c21-13-4-6-14(7-5-13)26-11-12(10-25-26)9-24-20(27)16-8-15(16)19-17(22)2-1-3-18(19)23/h1-7,10-11,15-16H,8-9H2,(H,24,27). The molecule has 1 heterocycles. The van der Waals surface area contributed by atoms with E-state index in [4.69, 9.17) is 11.6 Å². The second-order valence-electron chi connectivity index (χ2n) is 6.57. The number of halogens is 3. The third-order valence-corrected chi connectivity index (χ3v) is 4.94. The molecule has 1 amide bonds. The fourth-order valence-electron chi connectivity index (χ4n) is 3.18. The Morgan fingerprint density at radius 2 is 1.89 bits per heavy atom. The van der Waals surface area contributed by atoms with E-state index in [1.165, 1.54) is 18.2 Å². The zero-order valence-corrected chi connectivity index (χ0v) is 15.0. The van der Waals surface area contributed by atoms with Gasteiger partial charge in [0.2, 0.25) is 5.91 Å². The molecule has 27 heavy (non-hydrogen) atoms. The Hall–Kier alpha value is -2.73. The van der Waals surface area contributed by atoms with Crippen molar-refractivity contribution in [2.45, 2.75) is 18.9 Å². The number of carbonyl (C=O) groups is 1. The Labute approximate surface area is 159 Å². The summed E-state index contributed by atoms with van der Waals surface area (Å²) in [5, 5.41) is 7.72. The Morgan fingerprint density at radius 1 is 1.19 bits per heavy atom. The lowest BCUT2D eigenvalue weighted by atomic mass is 10.1. The lowest BCUT2D eigenvalue weighted by Gasteiger charge is -2.05. The molecular formula is C20H16ClF2N3O. The molecule has 1 aliphatic rings. The van der Waals surface area contributed by atoms with Crippen LogP contribution in [-0.4, -0.2) is 15.7 Å². The molecule has 4 nitrogen and oxygen atoms in total. The van der Waals surface area contributed by atoms with Crippen LogP contribution in [0.15, 0.2) is 54.9 Å². The van der Waals surface area contributed by atoms with E-state index in [1.54, 1.807) is 23.0 Å². The van der Waals surface area contributed by atoms with E-state index in [0.29, 0.717) is 18.0 Å². The van der Waals surface area contributed by atoms with Gasteiger partial charge in [0.15, 0.2) is 0 Å². The van der Waals surface area contributed by atoms with Crippen LogP contribution >= 0.6 is 11.6 Å². The summed E-state index contributed by atoms with van der Waals surface area (Å²) in [5.74, 6) is -2.20. The Morgan fingerprint density at radius 3 is 2.59 bits per heavy atom. The first-order valence-corrected chi connectivity index (χ1v) is 8.92. The van der Waals surface area contributed by atoms with Gasteiger partial charge in [-0.25, -0.2) is 13.5 Å². The SMILES string of the molecule is O=C(NCc1cnn(-c2ccc(Cl)cc2)c1)C1CC1c1c(F)cccc1F. The van der Waals surface area contributed by atoms with Gasteiger partial charge < -0.3 is 5.32 Å². The molecule has 138 valence electrons. The van der Waals surface area contributed by atoms with Crippen LogP contribution in [0, 0.1) is 17.6 Å². The monoisotopic (exact) mass is 387 g/mol. The van der Waals surface area contributed by atoms with Gasteiger partial charge >= 0.3 is 0 Å². The Kier molecular flexibility index (Phi) is 4.66. The molecule has 4 rings (SSSR count). The summed E-state index contributed by atoms with van der Waals surface area (Å²) >= 11 is 5.88. The third kappa shape index (κ3) is 3.71. The number of hydrogen-bond acceptors (Lipinski definition) is 2. The van der Waals surface area contributed by atoms with Crippen molar-refractivity contribution in [3.8, 4) is 5.69 Å². The van der Waals surface area contributed by atoms with Gasteiger partial charge in [0.05, 0.1) is 11.9 Å². The van der Waals surface area contributed by atoms with Crippen LogP contribution in [0.1, 0.15) is 23.5 Å². The predicted octanol–water partition coefficient (Wildman–Crippen LogP) is 4.22. The summed E-state index contributed by atoms with van der Waals surface area (Å²) in [6.07, 6.45) is 3.92. The molecule has 0 saturated heterocycles. The first kappa shape index (κ1) is 17.7. The van der Waals surface area contributed by atoms with Crippen molar-refractivity contribution in [3.63, 3.8) is 0 Å². The molecule has 0 bridgehead atoms. The predicted molar refractivity (Wildman–Crippen MR) is 97.6 cm³/mol. The van der Waals surface area contributed by atoms with E-state index in [-0.39, 0.29) is 11.5 Å². The van der Waals surface area contributed by atoms with Gasteiger partial charge in [0.1, 0.15) is 11.6 Å². The van der Waals surface area contributed by atoms with E-state index in [2.05, 4.69) is 10.4 Å². The maximum Gasteiger partial charge on any atom is 0.224 e. The molecule has 0 spiro atoms. The molecular weight excluding hydrogens is 372 g/mol. The fraction of sp³-hybridized carbons (Fsp3) is 0.200. The van der Waals surface area contributed by atoms with Crippen molar-refractivity contribution in [1.29, 1.82) is 0 Å². The summed E-state index contributed by atoms with van der Waals surface area (Å²) in [5.41, 5.74) is 1.69. The second-order valence-corrected chi connectivity index (χ2v) is 7.01. The van der Waals surface area contributed by atoms with Gasteiger partial charge in [0.25, 0.3) is 0 Å². The normalized spacial score (nSPS) is 18.3. The molecule has 7 heteroatoms. The summed E-state index contributed by atoms with van der Waals surface area (Å²) in [6.45, 7) is 0.301. The average molecular weight is 388 g/mol. The van der Waals surface area contributed by atoms with Crippen LogP contribution in [0.4, 0.5) is 8.78 Å². The minimum atomic E-state index is -0.598. The number of carbonyl (C=O) groups excluding carboxylic acids is 1. The minimum Gasteiger partial charge on any atom is -0.352 e. The zero-order valence-electron chi connectivity index (χ0n) is 14.2. The Bertz CT molecular complexity index is 967. The number of amides is 1. The first-order valence-electron chi connectivity index (χ1n) is 8.54. The molecule has 2 atom stereocenters. The van der Waals surface area contributed by atoms with Crippen LogP contribution in [0.2, 0.25) is 5.02 Å². The number of benzene rings is 2. The highest BCUT2D eigenvalue weighted by molar-refractivity contribution is 6.30. The first-order chi connectivity index (χ1) is 13.0. The van der Waals surface area contributed by atoms with Crippen LogP contribution in [0.5, 0.6) is 0 Å². The molecule has 2 aromatic carbocycles. The van der Waals surface area contributed by atoms with Gasteiger partial charge in [-0.05, 0) is 42.8 Å². The highest BCUT2D eigenvalue weighted by Crippen LogP contribution is 2.49. The van der Waals surface area contributed by atoms with Gasteiger partial charge in [-0.15, -0.1) is 0 Å². The maximum absolute atomic E-state index is 13.8. The summed E-state index contributed by atoms with van der Waals surface area (Å²) < 4.78 is 29.3. The van der Waals surface area contributed by atoms with E-state index in [1.807, 2.05) is 18.3 Å². The van der Waals surface area contributed by atoms with E-state index in [9.17, 15) is 13.6 Å². The van der Waals surface area contributed by atoms with Crippen LogP contribution in [0.25, 0.3) is 5.69 Å². The van der Waals surface area contributed by atoms with Crippen molar-refractivity contribution < 1.29 is 13.6 Å². The van der Waals surface area contributed by atoms with Crippen LogP contribution < -0.4 is 5.32 Å². The van der Waals surface area contributed by atoms with Crippen LogP contribution in [-0.2, 0) is 11.3 Å². The van der Waals surface area contributed by atoms with Gasteiger partial charge in [-0.3, -0.25) is 4.79 Å². The highest BCUT2D eigenvalue weighted by Gasteiger charge is 2.46. The largest absolute Gasteiger partial charge is 0.352 e. The number of aromatic nitrogens is 2. The number of nitrogens with one attached hydrogen (secondary N) is 1. The highest BCUT2D eigenvalue weighted by atomic mass is 35.5. The summed E-state index contributed by atoms with van der Waals surface area (Å²) in [6, 6.07) is 11.0. The minimum absolute atomic E-state index is 0.00760. The molecule has 2 unspecified atom stereocenters. The van der Waals surface area contributed by atoms with Gasteiger partial charge in [-0.2, -0.15) is 5.10 Å². The molecule has 1 aromatic heterocycles. The van der Waals surface area contributed by atoms with Gasteiger partial charge in [-0.1, -0.05) is 17.7 Å². The summed E-state index contributed by atoms with van der Waals surface area (Å²) in [4.78, 5) is 12.3. The molecule has 1 saturated carbocycles. The molecule has 0 radical (unpaired) electrons. The topological polar surface area (TPSA) is 46.9 Å². The number of hydrogen-bond donors (Lipinski definition) is 1. The average Bonchev–Trinajstić information content (AvgIpc) is 3.28. The van der Waals surface area contributed by atoms with Gasteiger partial charge in [0, 0.05) is 40.7 Å². The Balaban J connectivity index is 1.36. The van der Waals surface area contributed by atoms with E-state index < -0.39 is 23.5 Å². The van der Waals surface area contributed by atoms with E-state index in [0.717, 1.165) is 11.3 Å². The van der Waals surface area contributed by atoms with Crippen molar-refractivity contribution in [3.05, 3.63) is 82.6 Å². The molecule has 3 aromatic rings. The van der Waals surface area contributed by atoms with Crippen molar-refractivity contribution >= 4 is 17.5 Å². The smallest absolute Gasteiger partial charge is 0.224 e. The molecule has 1 N–H and O–H groups in total. The maximum atomic E-state index is 13.8. The lowest BCUT2D eigenvalue weighted by molar-refractivity contribution is -0.122. The number of rotatable bonds is 5. The molecule has 1 aliphatic carbocycles. The van der Waals surface area contributed by atoms with Crippen molar-refractivity contribution in [1.82, 2.24) is 15.1 Å². The quantitative estimate of drug-likeness (QED) is 0.712.